The van der Waals surface area contributed by atoms with Gasteiger partial charge in [-0.05, 0) is 36.9 Å². The van der Waals surface area contributed by atoms with Crippen molar-refractivity contribution in [3.63, 3.8) is 0 Å². The zero-order valence-corrected chi connectivity index (χ0v) is 13.9. The fraction of sp³-hybridized carbons (Fsp3) is 0.714. The first kappa shape index (κ1) is 14.8. The van der Waals surface area contributed by atoms with Crippen LogP contribution in [0.4, 0.5) is 0 Å². The van der Waals surface area contributed by atoms with E-state index in [0.29, 0.717) is 6.04 Å². The number of hydrogen-bond donors (Lipinski definition) is 1. The van der Waals surface area contributed by atoms with Crippen molar-refractivity contribution in [1.82, 2.24) is 5.32 Å². The van der Waals surface area contributed by atoms with Gasteiger partial charge in [0, 0.05) is 32.9 Å². The zero-order chi connectivity index (χ0) is 13.0. The molecular formula is C14H23NS3. The molecule has 1 saturated heterocycles. The van der Waals surface area contributed by atoms with Gasteiger partial charge in [-0.2, -0.15) is 23.5 Å². The molecule has 18 heavy (non-hydrogen) atoms. The van der Waals surface area contributed by atoms with Crippen LogP contribution in [-0.2, 0) is 0 Å². The van der Waals surface area contributed by atoms with Crippen LogP contribution in [0.5, 0.6) is 0 Å². The molecule has 1 aromatic heterocycles. The second-order valence-electron chi connectivity index (χ2n) is 4.68. The van der Waals surface area contributed by atoms with Crippen molar-refractivity contribution >= 4 is 34.9 Å². The summed E-state index contributed by atoms with van der Waals surface area (Å²) >= 11 is 6.21. The maximum Gasteiger partial charge on any atom is 0.0459 e. The van der Waals surface area contributed by atoms with Crippen LogP contribution >= 0.6 is 34.9 Å². The van der Waals surface area contributed by atoms with E-state index >= 15 is 0 Å². The molecule has 0 aliphatic carbocycles. The summed E-state index contributed by atoms with van der Waals surface area (Å²) in [6.45, 7) is 7.81. The molecule has 0 spiro atoms. The molecule has 3 atom stereocenters. The van der Waals surface area contributed by atoms with Crippen LogP contribution in [0.25, 0.3) is 0 Å². The Morgan fingerprint density at radius 2 is 2.11 bits per heavy atom. The molecule has 1 fully saturated rings. The first-order valence-corrected chi connectivity index (χ1v) is 9.75. The van der Waals surface area contributed by atoms with Crippen molar-refractivity contribution in [2.75, 3.05) is 18.1 Å². The second-order valence-corrected chi connectivity index (χ2v) is 8.43. The SMILES string of the molecule is CCNC(c1csc(C)c1)C1SCCSC1CC. The summed E-state index contributed by atoms with van der Waals surface area (Å²) in [5.74, 6) is 2.62. The molecule has 0 amide bonds. The maximum atomic E-state index is 3.72. The summed E-state index contributed by atoms with van der Waals surface area (Å²) < 4.78 is 0. The van der Waals surface area contributed by atoms with Crippen molar-refractivity contribution in [2.45, 2.75) is 43.7 Å². The highest BCUT2D eigenvalue weighted by Gasteiger charge is 2.32. The minimum absolute atomic E-state index is 0.530. The first-order valence-electron chi connectivity index (χ1n) is 6.77. The predicted molar refractivity (Wildman–Crippen MR) is 88.3 cm³/mol. The Labute approximate surface area is 124 Å². The normalized spacial score (nSPS) is 26.2. The van der Waals surface area contributed by atoms with E-state index in [4.69, 9.17) is 0 Å². The lowest BCUT2D eigenvalue weighted by Gasteiger charge is -2.36. The summed E-state index contributed by atoms with van der Waals surface area (Å²) in [7, 11) is 0. The van der Waals surface area contributed by atoms with Crippen LogP contribution in [0.15, 0.2) is 11.4 Å². The molecule has 0 radical (unpaired) electrons. The van der Waals surface area contributed by atoms with Gasteiger partial charge in [0.15, 0.2) is 0 Å². The lowest BCUT2D eigenvalue weighted by atomic mass is 10.0. The van der Waals surface area contributed by atoms with Gasteiger partial charge in [-0.3, -0.25) is 0 Å². The van der Waals surface area contributed by atoms with Gasteiger partial charge in [0.05, 0.1) is 0 Å². The highest BCUT2D eigenvalue weighted by atomic mass is 32.2. The van der Waals surface area contributed by atoms with E-state index in [-0.39, 0.29) is 0 Å². The molecule has 0 aromatic carbocycles. The van der Waals surface area contributed by atoms with Gasteiger partial charge in [0.1, 0.15) is 0 Å². The monoisotopic (exact) mass is 301 g/mol. The number of rotatable bonds is 5. The van der Waals surface area contributed by atoms with E-state index in [1.54, 1.807) is 0 Å². The van der Waals surface area contributed by atoms with Crippen LogP contribution in [0, 0.1) is 6.92 Å². The summed E-state index contributed by atoms with van der Waals surface area (Å²) in [4.78, 5) is 1.43. The van der Waals surface area contributed by atoms with Gasteiger partial charge in [0.25, 0.3) is 0 Å². The number of aryl methyl sites for hydroxylation is 1. The van der Waals surface area contributed by atoms with Crippen LogP contribution in [0.1, 0.15) is 36.8 Å². The zero-order valence-electron chi connectivity index (χ0n) is 11.4. The van der Waals surface area contributed by atoms with Crippen molar-refractivity contribution in [3.05, 3.63) is 21.9 Å². The van der Waals surface area contributed by atoms with Gasteiger partial charge in [-0.15, -0.1) is 11.3 Å². The quantitative estimate of drug-likeness (QED) is 0.869. The third-order valence-electron chi connectivity index (χ3n) is 3.36. The summed E-state index contributed by atoms with van der Waals surface area (Å²) in [5.41, 5.74) is 1.50. The van der Waals surface area contributed by atoms with Gasteiger partial charge in [-0.25, -0.2) is 0 Å². The molecule has 3 unspecified atom stereocenters. The Bertz CT molecular complexity index is 364. The molecule has 2 heterocycles. The highest BCUT2D eigenvalue weighted by molar-refractivity contribution is 8.07. The molecule has 1 aromatic rings. The molecule has 1 nitrogen and oxygen atoms in total. The number of thioether (sulfide) groups is 2. The van der Waals surface area contributed by atoms with Crippen molar-refractivity contribution in [2.24, 2.45) is 0 Å². The molecule has 0 saturated carbocycles. The third kappa shape index (κ3) is 3.47. The Kier molecular flexibility index (Phi) is 5.93. The lowest BCUT2D eigenvalue weighted by Crippen LogP contribution is -2.38. The summed E-state index contributed by atoms with van der Waals surface area (Å²) in [6.07, 6.45) is 1.29. The molecule has 2 rings (SSSR count). The van der Waals surface area contributed by atoms with E-state index in [9.17, 15) is 0 Å². The topological polar surface area (TPSA) is 12.0 Å². The van der Waals surface area contributed by atoms with E-state index in [0.717, 1.165) is 17.0 Å². The Hall–Kier alpha value is 0.360. The standard InChI is InChI=1S/C14H23NS3/c1-4-12-14(17-7-6-16-12)13(15-5-2)11-8-10(3)18-9-11/h8-9,12-15H,4-7H2,1-3H3. The van der Waals surface area contributed by atoms with Crippen LogP contribution in [-0.4, -0.2) is 28.6 Å². The highest BCUT2D eigenvalue weighted by Crippen LogP contribution is 2.40. The average molecular weight is 302 g/mol. The van der Waals surface area contributed by atoms with E-state index in [2.05, 4.69) is 61.1 Å². The molecular weight excluding hydrogens is 278 g/mol. The average Bonchev–Trinajstić information content (AvgIpc) is 2.82. The fourth-order valence-electron chi connectivity index (χ4n) is 2.52. The van der Waals surface area contributed by atoms with Gasteiger partial charge in [-0.1, -0.05) is 13.8 Å². The largest absolute Gasteiger partial charge is 0.309 e. The van der Waals surface area contributed by atoms with E-state index in [1.807, 2.05) is 11.3 Å². The Morgan fingerprint density at radius 3 is 2.72 bits per heavy atom. The molecule has 0 bridgehead atoms. The van der Waals surface area contributed by atoms with Crippen LogP contribution < -0.4 is 5.32 Å². The van der Waals surface area contributed by atoms with Gasteiger partial charge < -0.3 is 5.32 Å². The maximum absolute atomic E-state index is 3.72. The lowest BCUT2D eigenvalue weighted by molar-refractivity contribution is 0.514. The van der Waals surface area contributed by atoms with Gasteiger partial charge in [0.2, 0.25) is 0 Å². The fourth-order valence-corrected chi connectivity index (χ4v) is 6.51. The Morgan fingerprint density at radius 1 is 1.33 bits per heavy atom. The summed E-state index contributed by atoms with van der Waals surface area (Å²) in [6, 6.07) is 2.90. The minimum Gasteiger partial charge on any atom is -0.309 e. The summed E-state index contributed by atoms with van der Waals surface area (Å²) in [5, 5.41) is 7.59. The Balaban J connectivity index is 2.17. The smallest absolute Gasteiger partial charge is 0.0459 e. The van der Waals surface area contributed by atoms with Crippen molar-refractivity contribution in [1.29, 1.82) is 0 Å². The van der Waals surface area contributed by atoms with E-state index < -0.39 is 0 Å². The molecule has 102 valence electrons. The van der Waals surface area contributed by atoms with E-state index in [1.165, 1.54) is 28.4 Å². The molecule has 4 heteroatoms. The molecule has 1 N–H and O–H groups in total. The minimum atomic E-state index is 0.530. The second kappa shape index (κ2) is 7.22. The number of hydrogen-bond acceptors (Lipinski definition) is 4. The van der Waals surface area contributed by atoms with Crippen molar-refractivity contribution < 1.29 is 0 Å². The molecule has 1 aliphatic heterocycles. The van der Waals surface area contributed by atoms with Gasteiger partial charge >= 0.3 is 0 Å². The van der Waals surface area contributed by atoms with Crippen molar-refractivity contribution in [3.8, 4) is 0 Å². The molecule has 1 aliphatic rings. The number of thiophene rings is 1. The third-order valence-corrected chi connectivity index (χ3v) is 7.59. The van der Waals surface area contributed by atoms with Crippen LogP contribution in [0.2, 0.25) is 0 Å². The van der Waals surface area contributed by atoms with Crippen LogP contribution in [0.3, 0.4) is 0 Å². The predicted octanol–water partition coefficient (Wildman–Crippen LogP) is 4.33. The first-order chi connectivity index (χ1) is 8.76. The number of nitrogens with one attached hydrogen (secondary N) is 1.